The molecule has 1 aliphatic rings. The molecule has 164 valence electrons. The van der Waals surface area contributed by atoms with E-state index >= 15 is 0 Å². The summed E-state index contributed by atoms with van der Waals surface area (Å²) in [6, 6.07) is 7.88. The molecule has 2 amide bonds. The summed E-state index contributed by atoms with van der Waals surface area (Å²) in [5.74, 6) is -2.80. The lowest BCUT2D eigenvalue weighted by molar-refractivity contribution is -0.151. The summed E-state index contributed by atoms with van der Waals surface area (Å²) in [7, 11) is 0. The molecule has 2 N–H and O–H groups in total. The molecule has 0 fully saturated rings. The number of nitrogens with zero attached hydrogens (tertiary/aromatic N) is 2. The number of carboxylic acid groups (broad SMARTS) is 1. The first-order valence-electron chi connectivity index (χ1n) is 10.1. The fraction of sp³-hybridized carbons (Fsp3) is 0.545. The van der Waals surface area contributed by atoms with E-state index < -0.39 is 41.6 Å². The summed E-state index contributed by atoms with van der Waals surface area (Å²) in [6.07, 6.45) is -0.621. The number of alkyl carbamates (subject to hydrolysis) is 1. The number of nitrogens with one attached hydrogen (secondary N) is 1. The van der Waals surface area contributed by atoms with E-state index in [-0.39, 0.29) is 12.5 Å². The van der Waals surface area contributed by atoms with Crippen LogP contribution in [0.25, 0.3) is 0 Å². The van der Waals surface area contributed by atoms with Crippen molar-refractivity contribution >= 4 is 23.8 Å². The second kappa shape index (κ2) is 9.28. The average molecular weight is 418 g/mol. The third-order valence-corrected chi connectivity index (χ3v) is 4.69. The maximum atomic E-state index is 13.2. The zero-order chi connectivity index (χ0) is 22.6. The number of carboxylic acids is 1. The van der Waals surface area contributed by atoms with Crippen molar-refractivity contribution in [2.24, 2.45) is 16.8 Å². The highest BCUT2D eigenvalue weighted by Gasteiger charge is 2.44. The molecule has 1 aromatic carbocycles. The normalized spacial score (nSPS) is 20.6. The van der Waals surface area contributed by atoms with Gasteiger partial charge in [-0.05, 0) is 39.2 Å². The molecule has 0 radical (unpaired) electrons. The van der Waals surface area contributed by atoms with Gasteiger partial charge in [-0.2, -0.15) is 0 Å². The number of carbonyl (C=O) groups is 3. The standard InChI is InChI=1S/C22H31N3O5/c1-13(2)17(24-21(29)30-22(4,5)6)18-23-14(3)16(20(27)28)19(26)25(18)12-15-10-8-7-9-11-15/h7-11,13-14,16-17H,12H2,1-6H3,(H,24,29)(H,27,28). The number of amides is 2. The highest BCUT2D eigenvalue weighted by atomic mass is 16.6. The van der Waals surface area contributed by atoms with Gasteiger partial charge in [-0.1, -0.05) is 44.2 Å². The van der Waals surface area contributed by atoms with Crippen LogP contribution in [0.1, 0.15) is 47.1 Å². The van der Waals surface area contributed by atoms with Gasteiger partial charge in [0.15, 0.2) is 5.92 Å². The fourth-order valence-electron chi connectivity index (χ4n) is 3.29. The minimum atomic E-state index is -1.27. The largest absolute Gasteiger partial charge is 0.481 e. The van der Waals surface area contributed by atoms with E-state index in [2.05, 4.69) is 10.3 Å². The lowest BCUT2D eigenvalue weighted by Crippen LogP contribution is -2.59. The Morgan fingerprint density at radius 2 is 1.83 bits per heavy atom. The lowest BCUT2D eigenvalue weighted by atomic mass is 9.93. The molecule has 1 heterocycles. The molecule has 8 nitrogen and oxygen atoms in total. The van der Waals surface area contributed by atoms with Crippen LogP contribution < -0.4 is 5.32 Å². The zero-order valence-corrected chi connectivity index (χ0v) is 18.4. The van der Waals surface area contributed by atoms with E-state index in [1.165, 1.54) is 4.90 Å². The van der Waals surface area contributed by atoms with E-state index in [4.69, 9.17) is 4.74 Å². The van der Waals surface area contributed by atoms with Crippen molar-refractivity contribution in [3.05, 3.63) is 35.9 Å². The fourth-order valence-corrected chi connectivity index (χ4v) is 3.29. The summed E-state index contributed by atoms with van der Waals surface area (Å²) >= 11 is 0. The molecular formula is C22H31N3O5. The molecule has 0 aromatic heterocycles. The van der Waals surface area contributed by atoms with E-state index in [0.717, 1.165) is 5.56 Å². The molecule has 0 aliphatic carbocycles. The summed E-state index contributed by atoms with van der Waals surface area (Å²) in [4.78, 5) is 43.2. The van der Waals surface area contributed by atoms with Gasteiger partial charge in [-0.15, -0.1) is 0 Å². The van der Waals surface area contributed by atoms with Crippen LogP contribution in [0.15, 0.2) is 35.3 Å². The van der Waals surface area contributed by atoms with Crippen molar-refractivity contribution in [1.82, 2.24) is 10.2 Å². The van der Waals surface area contributed by atoms with Crippen LogP contribution in [-0.2, 0) is 20.9 Å². The Kier molecular flexibility index (Phi) is 7.23. The van der Waals surface area contributed by atoms with Crippen LogP contribution in [-0.4, -0.2) is 51.5 Å². The first-order chi connectivity index (χ1) is 13.9. The summed E-state index contributed by atoms with van der Waals surface area (Å²) < 4.78 is 5.37. The van der Waals surface area contributed by atoms with Crippen molar-refractivity contribution in [3.63, 3.8) is 0 Å². The molecule has 0 saturated carbocycles. The van der Waals surface area contributed by atoms with Gasteiger partial charge < -0.3 is 15.2 Å². The molecular weight excluding hydrogens is 386 g/mol. The van der Waals surface area contributed by atoms with Gasteiger partial charge in [0.2, 0.25) is 5.91 Å². The number of benzene rings is 1. The third kappa shape index (κ3) is 5.81. The van der Waals surface area contributed by atoms with Crippen LogP contribution in [0.5, 0.6) is 0 Å². The van der Waals surface area contributed by atoms with Gasteiger partial charge in [0, 0.05) is 0 Å². The van der Waals surface area contributed by atoms with E-state index in [1.807, 2.05) is 44.2 Å². The highest BCUT2D eigenvalue weighted by Crippen LogP contribution is 2.24. The van der Waals surface area contributed by atoms with Crippen molar-refractivity contribution < 1.29 is 24.2 Å². The second-order valence-electron chi connectivity index (χ2n) is 8.82. The van der Waals surface area contributed by atoms with Crippen LogP contribution in [0.3, 0.4) is 0 Å². The first kappa shape index (κ1) is 23.4. The molecule has 2 rings (SSSR count). The highest BCUT2D eigenvalue weighted by molar-refractivity contribution is 6.10. The Bertz CT molecular complexity index is 814. The number of carbonyl (C=O) groups excluding carboxylic acids is 2. The van der Waals surface area contributed by atoms with Crippen LogP contribution in [0.2, 0.25) is 0 Å². The molecule has 8 heteroatoms. The van der Waals surface area contributed by atoms with Crippen LogP contribution in [0, 0.1) is 11.8 Å². The summed E-state index contributed by atoms with van der Waals surface area (Å²) in [6.45, 7) is 10.8. The molecule has 1 aromatic rings. The van der Waals surface area contributed by atoms with Gasteiger partial charge >= 0.3 is 12.1 Å². The quantitative estimate of drug-likeness (QED) is 0.692. The molecule has 3 atom stereocenters. The molecule has 3 unspecified atom stereocenters. The zero-order valence-electron chi connectivity index (χ0n) is 18.4. The Morgan fingerprint density at radius 3 is 2.33 bits per heavy atom. The van der Waals surface area contributed by atoms with E-state index in [1.54, 1.807) is 27.7 Å². The van der Waals surface area contributed by atoms with Crippen LogP contribution >= 0.6 is 0 Å². The van der Waals surface area contributed by atoms with Crippen molar-refractivity contribution in [3.8, 4) is 0 Å². The predicted molar refractivity (Wildman–Crippen MR) is 113 cm³/mol. The Morgan fingerprint density at radius 1 is 1.23 bits per heavy atom. The van der Waals surface area contributed by atoms with E-state index in [0.29, 0.717) is 5.84 Å². The number of rotatable bonds is 6. The number of aliphatic carboxylic acids is 1. The molecule has 30 heavy (non-hydrogen) atoms. The molecule has 0 bridgehead atoms. The van der Waals surface area contributed by atoms with Gasteiger partial charge in [0.05, 0.1) is 18.6 Å². The minimum absolute atomic E-state index is 0.115. The number of ether oxygens (including phenoxy) is 1. The second-order valence-corrected chi connectivity index (χ2v) is 8.82. The predicted octanol–water partition coefficient (Wildman–Crippen LogP) is 3.07. The monoisotopic (exact) mass is 417 g/mol. The van der Waals surface area contributed by atoms with Crippen molar-refractivity contribution in [2.75, 3.05) is 0 Å². The number of aliphatic imine (C=N–C) groups is 1. The summed E-state index contributed by atoms with van der Waals surface area (Å²) in [5, 5.41) is 12.4. The average Bonchev–Trinajstić information content (AvgIpc) is 2.61. The number of amidine groups is 1. The first-order valence-corrected chi connectivity index (χ1v) is 10.1. The number of hydrogen-bond donors (Lipinski definition) is 2. The SMILES string of the molecule is CC(C)C(NC(=O)OC(C)(C)C)C1=NC(C)C(C(=O)O)C(=O)N1Cc1ccccc1. The minimum Gasteiger partial charge on any atom is -0.481 e. The molecule has 1 aliphatic heterocycles. The Hall–Kier alpha value is -2.90. The van der Waals surface area contributed by atoms with Gasteiger partial charge in [0.25, 0.3) is 0 Å². The number of hydrogen-bond acceptors (Lipinski definition) is 5. The Balaban J connectivity index is 2.43. The smallest absolute Gasteiger partial charge is 0.408 e. The van der Waals surface area contributed by atoms with Crippen molar-refractivity contribution in [2.45, 2.75) is 65.8 Å². The van der Waals surface area contributed by atoms with Crippen LogP contribution in [0.4, 0.5) is 4.79 Å². The molecule has 0 spiro atoms. The maximum Gasteiger partial charge on any atom is 0.408 e. The van der Waals surface area contributed by atoms with Gasteiger partial charge in [0.1, 0.15) is 11.4 Å². The molecule has 0 saturated heterocycles. The van der Waals surface area contributed by atoms with Crippen molar-refractivity contribution in [1.29, 1.82) is 0 Å². The maximum absolute atomic E-state index is 13.2. The lowest BCUT2D eigenvalue weighted by Gasteiger charge is -2.38. The van der Waals surface area contributed by atoms with Gasteiger partial charge in [-0.25, -0.2) is 4.79 Å². The van der Waals surface area contributed by atoms with Gasteiger partial charge in [-0.3, -0.25) is 19.5 Å². The topological polar surface area (TPSA) is 108 Å². The third-order valence-electron chi connectivity index (χ3n) is 4.69. The Labute approximate surface area is 177 Å². The summed E-state index contributed by atoms with van der Waals surface area (Å²) in [5.41, 5.74) is 0.151. The van der Waals surface area contributed by atoms with E-state index in [9.17, 15) is 19.5 Å².